The van der Waals surface area contributed by atoms with Gasteiger partial charge in [-0.25, -0.2) is 8.42 Å². The molecule has 5 nitrogen and oxygen atoms in total. The Morgan fingerprint density at radius 2 is 1.95 bits per heavy atom. The van der Waals surface area contributed by atoms with Gasteiger partial charge in [-0.2, -0.15) is 4.31 Å². The first-order valence-electron chi connectivity index (χ1n) is 6.87. The van der Waals surface area contributed by atoms with Crippen molar-refractivity contribution < 1.29 is 13.2 Å². The third-order valence-electron chi connectivity index (χ3n) is 3.48. The Morgan fingerprint density at radius 3 is 2.52 bits per heavy atom. The molecule has 1 aliphatic rings. The summed E-state index contributed by atoms with van der Waals surface area (Å²) in [6.45, 7) is 2.95. The van der Waals surface area contributed by atoms with Gasteiger partial charge in [0.15, 0.2) is 0 Å². The lowest BCUT2D eigenvalue weighted by Crippen LogP contribution is -2.36. The van der Waals surface area contributed by atoms with E-state index in [1.54, 1.807) is 31.3 Å². The highest BCUT2D eigenvalue weighted by Gasteiger charge is 2.24. The van der Waals surface area contributed by atoms with E-state index in [1.165, 1.54) is 4.31 Å². The van der Waals surface area contributed by atoms with Crippen LogP contribution >= 0.6 is 0 Å². The number of hydrogen-bond acceptors (Lipinski definition) is 3. The molecule has 0 bridgehead atoms. The van der Waals surface area contributed by atoms with E-state index in [2.05, 4.69) is 11.4 Å². The summed E-state index contributed by atoms with van der Waals surface area (Å²) in [4.78, 5) is 11.4. The van der Waals surface area contributed by atoms with Crippen molar-refractivity contribution in [3.8, 4) is 0 Å². The van der Waals surface area contributed by atoms with Crippen LogP contribution in [0.15, 0.2) is 35.9 Å². The molecule has 1 aliphatic heterocycles. The van der Waals surface area contributed by atoms with Crippen molar-refractivity contribution in [2.45, 2.75) is 19.1 Å². The first kappa shape index (κ1) is 15.7. The fourth-order valence-electron chi connectivity index (χ4n) is 2.31. The molecule has 1 N–H and O–H groups in total. The van der Waals surface area contributed by atoms with Crippen molar-refractivity contribution in [2.75, 3.05) is 20.1 Å². The second kappa shape index (κ2) is 6.41. The Kier molecular flexibility index (Phi) is 4.80. The molecule has 1 amide bonds. The van der Waals surface area contributed by atoms with Gasteiger partial charge in [0.2, 0.25) is 10.0 Å². The number of nitrogens with one attached hydrogen (secondary N) is 1. The number of sulfonamides is 1. The van der Waals surface area contributed by atoms with Gasteiger partial charge in [-0.1, -0.05) is 23.8 Å². The van der Waals surface area contributed by atoms with E-state index in [9.17, 15) is 13.2 Å². The van der Waals surface area contributed by atoms with E-state index in [1.807, 2.05) is 6.92 Å². The molecule has 0 saturated heterocycles. The maximum atomic E-state index is 12.4. The molecule has 21 heavy (non-hydrogen) atoms. The van der Waals surface area contributed by atoms with Crippen molar-refractivity contribution in [1.82, 2.24) is 9.62 Å². The Hall–Kier alpha value is -1.66. The zero-order chi connectivity index (χ0) is 15.5. The minimum Gasteiger partial charge on any atom is -0.355 e. The van der Waals surface area contributed by atoms with Gasteiger partial charge in [-0.15, -0.1) is 0 Å². The molecule has 6 heteroatoms. The number of carbonyl (C=O) groups excluding carboxylic acids is 1. The lowest BCUT2D eigenvalue weighted by atomic mass is 10.1. The summed E-state index contributed by atoms with van der Waals surface area (Å²) in [5.74, 6) is -0.213. The molecule has 2 rings (SSSR count). The SMILES string of the molecule is CNC(=O)c1ccc(CS(=O)(=O)N2CCC=C(C)C2)cc1. The predicted molar refractivity (Wildman–Crippen MR) is 82.4 cm³/mol. The second-order valence-electron chi connectivity index (χ2n) is 5.20. The molecule has 114 valence electrons. The van der Waals surface area contributed by atoms with Crippen LogP contribution in [0, 0.1) is 0 Å². The van der Waals surface area contributed by atoms with E-state index < -0.39 is 10.0 Å². The molecule has 1 heterocycles. The van der Waals surface area contributed by atoms with E-state index >= 15 is 0 Å². The summed E-state index contributed by atoms with van der Waals surface area (Å²) >= 11 is 0. The molecule has 0 spiro atoms. The Labute approximate surface area is 125 Å². The Balaban J connectivity index is 2.10. The zero-order valence-electron chi connectivity index (χ0n) is 12.3. The highest BCUT2D eigenvalue weighted by atomic mass is 32.2. The largest absolute Gasteiger partial charge is 0.355 e. The van der Waals surface area contributed by atoms with Gasteiger partial charge >= 0.3 is 0 Å². The van der Waals surface area contributed by atoms with Crippen molar-refractivity contribution in [2.24, 2.45) is 0 Å². The smallest absolute Gasteiger partial charge is 0.251 e. The van der Waals surface area contributed by atoms with Crippen LogP contribution in [0.1, 0.15) is 29.3 Å². The monoisotopic (exact) mass is 308 g/mol. The third-order valence-corrected chi connectivity index (χ3v) is 5.28. The molecule has 0 unspecified atom stereocenters. The van der Waals surface area contributed by atoms with Crippen molar-refractivity contribution >= 4 is 15.9 Å². The van der Waals surface area contributed by atoms with Crippen LogP contribution < -0.4 is 5.32 Å². The predicted octanol–water partition coefficient (Wildman–Crippen LogP) is 1.53. The van der Waals surface area contributed by atoms with Crippen molar-refractivity contribution in [1.29, 1.82) is 0 Å². The molecule has 0 fully saturated rings. The molecule has 0 saturated carbocycles. The fraction of sp³-hybridized carbons (Fsp3) is 0.400. The zero-order valence-corrected chi connectivity index (χ0v) is 13.1. The summed E-state index contributed by atoms with van der Waals surface area (Å²) in [7, 11) is -1.75. The molecule has 1 aromatic carbocycles. The average Bonchev–Trinajstić information content (AvgIpc) is 2.47. The standard InChI is InChI=1S/C15H20N2O3S/c1-12-4-3-9-17(10-12)21(19,20)11-13-5-7-14(8-6-13)15(18)16-2/h4-8H,3,9-11H2,1-2H3,(H,16,18). The topological polar surface area (TPSA) is 66.5 Å². The van der Waals surface area contributed by atoms with Gasteiger partial charge in [0, 0.05) is 25.7 Å². The van der Waals surface area contributed by atoms with Crippen LogP contribution in [0.25, 0.3) is 0 Å². The first-order valence-corrected chi connectivity index (χ1v) is 8.48. The second-order valence-corrected chi connectivity index (χ2v) is 7.17. The van der Waals surface area contributed by atoms with Gasteiger partial charge in [0.1, 0.15) is 0 Å². The van der Waals surface area contributed by atoms with Crippen LogP contribution in [0.2, 0.25) is 0 Å². The molecular formula is C15H20N2O3S. The van der Waals surface area contributed by atoms with Crippen molar-refractivity contribution in [3.05, 3.63) is 47.0 Å². The highest BCUT2D eigenvalue weighted by molar-refractivity contribution is 7.88. The quantitative estimate of drug-likeness (QED) is 0.858. The van der Waals surface area contributed by atoms with E-state index in [4.69, 9.17) is 0 Å². The molecule has 1 aromatic rings. The van der Waals surface area contributed by atoms with E-state index in [0.717, 1.165) is 12.0 Å². The Bertz CT molecular complexity index is 648. The Morgan fingerprint density at radius 1 is 1.29 bits per heavy atom. The number of amides is 1. The minimum atomic E-state index is -3.32. The highest BCUT2D eigenvalue weighted by Crippen LogP contribution is 2.17. The van der Waals surface area contributed by atoms with Crippen LogP contribution in [-0.4, -0.2) is 38.8 Å². The van der Waals surface area contributed by atoms with Crippen LogP contribution in [0.5, 0.6) is 0 Å². The normalized spacial score (nSPS) is 16.4. The summed E-state index contributed by atoms with van der Waals surface area (Å²) < 4.78 is 26.3. The molecule has 0 atom stereocenters. The van der Waals surface area contributed by atoms with Gasteiger partial charge in [-0.3, -0.25) is 4.79 Å². The summed E-state index contributed by atoms with van der Waals surface area (Å²) in [5, 5.41) is 2.53. The van der Waals surface area contributed by atoms with Gasteiger partial charge in [0.05, 0.1) is 5.75 Å². The number of carbonyl (C=O) groups is 1. The lowest BCUT2D eigenvalue weighted by molar-refractivity contribution is 0.0963. The summed E-state index contributed by atoms with van der Waals surface area (Å²) in [5.41, 5.74) is 2.30. The average molecular weight is 308 g/mol. The van der Waals surface area contributed by atoms with E-state index in [-0.39, 0.29) is 11.7 Å². The molecular weight excluding hydrogens is 288 g/mol. The molecule has 0 aromatic heterocycles. The number of hydrogen-bond donors (Lipinski definition) is 1. The van der Waals surface area contributed by atoms with E-state index in [0.29, 0.717) is 24.2 Å². The van der Waals surface area contributed by atoms with Crippen molar-refractivity contribution in [3.63, 3.8) is 0 Å². The van der Waals surface area contributed by atoms with Crippen LogP contribution in [0.3, 0.4) is 0 Å². The summed E-state index contributed by atoms with van der Waals surface area (Å²) in [6, 6.07) is 6.67. The van der Waals surface area contributed by atoms with Crippen LogP contribution in [0.4, 0.5) is 0 Å². The maximum Gasteiger partial charge on any atom is 0.251 e. The lowest BCUT2D eigenvalue weighted by Gasteiger charge is -2.25. The van der Waals surface area contributed by atoms with Gasteiger partial charge in [-0.05, 0) is 31.0 Å². The molecule has 0 aliphatic carbocycles. The number of nitrogens with zero attached hydrogens (tertiary/aromatic N) is 1. The third kappa shape index (κ3) is 3.92. The first-order chi connectivity index (χ1) is 9.92. The maximum absolute atomic E-state index is 12.4. The summed E-state index contributed by atoms with van der Waals surface area (Å²) in [6.07, 6.45) is 2.84. The molecule has 0 radical (unpaired) electrons. The minimum absolute atomic E-state index is 0.0334. The number of benzene rings is 1. The van der Waals surface area contributed by atoms with Gasteiger partial charge < -0.3 is 5.32 Å². The van der Waals surface area contributed by atoms with Gasteiger partial charge in [0.25, 0.3) is 5.91 Å². The number of rotatable bonds is 4. The van der Waals surface area contributed by atoms with Crippen LogP contribution in [-0.2, 0) is 15.8 Å². The fourth-order valence-corrected chi connectivity index (χ4v) is 3.89.